The molecule has 1 saturated carbocycles. The van der Waals surface area contributed by atoms with Gasteiger partial charge in [0.15, 0.2) is 0 Å². The molecule has 1 aromatic rings. The van der Waals surface area contributed by atoms with Crippen molar-refractivity contribution in [1.82, 2.24) is 4.90 Å². The first-order valence-corrected chi connectivity index (χ1v) is 8.24. The second kappa shape index (κ2) is 6.51. The zero-order valence-corrected chi connectivity index (χ0v) is 12.8. The average molecular weight is 301 g/mol. The van der Waals surface area contributed by atoms with Crippen molar-refractivity contribution in [2.45, 2.75) is 44.6 Å². The fourth-order valence-electron chi connectivity index (χ4n) is 3.96. The number of benzene rings is 1. The number of rotatable bonds is 4. The van der Waals surface area contributed by atoms with E-state index in [9.17, 15) is 14.7 Å². The summed E-state index contributed by atoms with van der Waals surface area (Å²) in [5, 5.41) is 9.60. The molecule has 4 heteroatoms. The van der Waals surface area contributed by atoms with Crippen molar-refractivity contribution in [2.24, 2.45) is 11.8 Å². The topological polar surface area (TPSA) is 57.6 Å². The van der Waals surface area contributed by atoms with Crippen LogP contribution in [-0.4, -0.2) is 28.4 Å². The van der Waals surface area contributed by atoms with Crippen LogP contribution in [0.5, 0.6) is 0 Å². The molecule has 1 heterocycles. The van der Waals surface area contributed by atoms with Crippen LogP contribution < -0.4 is 0 Å². The predicted molar refractivity (Wildman–Crippen MR) is 83.2 cm³/mol. The smallest absolute Gasteiger partial charge is 0.308 e. The van der Waals surface area contributed by atoms with E-state index in [4.69, 9.17) is 0 Å². The molecule has 1 saturated heterocycles. The Morgan fingerprint density at radius 3 is 2.45 bits per heavy atom. The molecule has 118 valence electrons. The summed E-state index contributed by atoms with van der Waals surface area (Å²) in [5.41, 5.74) is 0.945. The molecule has 0 unspecified atom stereocenters. The molecule has 2 aliphatic rings. The molecule has 2 atom stereocenters. The van der Waals surface area contributed by atoms with Gasteiger partial charge >= 0.3 is 5.97 Å². The molecule has 0 bridgehead atoms. The number of hydrogen-bond acceptors (Lipinski definition) is 2. The summed E-state index contributed by atoms with van der Waals surface area (Å²) in [6.07, 6.45) is 5.56. The standard InChI is InChI=1S/C18H23NO3/c20-16-11-10-15(18(21)22)17(14-8-2-1-3-9-14)19(16)12-13-6-4-5-7-13/h1-3,8-9,13,15,17H,4-7,10-12H2,(H,21,22)/t15-,17-/m1/s1. The Labute approximate surface area is 131 Å². The predicted octanol–water partition coefficient (Wildman–Crippen LogP) is 3.24. The van der Waals surface area contributed by atoms with Crippen LogP contribution in [0.15, 0.2) is 30.3 Å². The Morgan fingerprint density at radius 2 is 1.82 bits per heavy atom. The van der Waals surface area contributed by atoms with Crippen molar-refractivity contribution >= 4 is 11.9 Å². The van der Waals surface area contributed by atoms with Gasteiger partial charge in [0.05, 0.1) is 12.0 Å². The number of nitrogens with zero attached hydrogens (tertiary/aromatic N) is 1. The molecular formula is C18H23NO3. The number of carbonyl (C=O) groups excluding carboxylic acids is 1. The van der Waals surface area contributed by atoms with E-state index in [1.165, 1.54) is 12.8 Å². The summed E-state index contributed by atoms with van der Waals surface area (Å²) >= 11 is 0. The first kappa shape index (κ1) is 15.1. The molecule has 1 aromatic carbocycles. The number of carboxylic acids is 1. The third kappa shape index (κ3) is 3.01. The number of carboxylic acid groups (broad SMARTS) is 1. The molecule has 1 aliphatic heterocycles. The van der Waals surface area contributed by atoms with Gasteiger partial charge in [0.2, 0.25) is 5.91 Å². The van der Waals surface area contributed by atoms with E-state index in [-0.39, 0.29) is 11.9 Å². The highest BCUT2D eigenvalue weighted by molar-refractivity contribution is 5.81. The molecule has 0 radical (unpaired) electrons. The summed E-state index contributed by atoms with van der Waals surface area (Å²) in [5.74, 6) is -0.653. The molecule has 3 rings (SSSR count). The number of amides is 1. The zero-order chi connectivity index (χ0) is 15.5. The van der Waals surface area contributed by atoms with Gasteiger partial charge in [-0.15, -0.1) is 0 Å². The van der Waals surface area contributed by atoms with Crippen LogP contribution in [0.4, 0.5) is 0 Å². The molecule has 22 heavy (non-hydrogen) atoms. The van der Waals surface area contributed by atoms with E-state index in [1.807, 2.05) is 35.2 Å². The Balaban J connectivity index is 1.90. The van der Waals surface area contributed by atoms with Crippen LogP contribution in [0.25, 0.3) is 0 Å². The van der Waals surface area contributed by atoms with Crippen molar-refractivity contribution in [3.63, 3.8) is 0 Å². The largest absolute Gasteiger partial charge is 0.481 e. The van der Waals surface area contributed by atoms with E-state index in [1.54, 1.807) is 0 Å². The minimum atomic E-state index is -0.794. The zero-order valence-electron chi connectivity index (χ0n) is 12.8. The Morgan fingerprint density at radius 1 is 1.14 bits per heavy atom. The van der Waals surface area contributed by atoms with Crippen molar-refractivity contribution < 1.29 is 14.7 Å². The normalized spacial score (nSPS) is 26.4. The lowest BCUT2D eigenvalue weighted by Gasteiger charge is -2.41. The van der Waals surface area contributed by atoms with Crippen molar-refractivity contribution in [2.75, 3.05) is 6.54 Å². The van der Waals surface area contributed by atoms with Gasteiger partial charge < -0.3 is 10.0 Å². The maximum absolute atomic E-state index is 12.5. The van der Waals surface area contributed by atoms with Crippen LogP contribution in [0.3, 0.4) is 0 Å². The first-order chi connectivity index (χ1) is 10.7. The lowest BCUT2D eigenvalue weighted by Crippen LogP contribution is -2.47. The summed E-state index contributed by atoms with van der Waals surface area (Å²) in [7, 11) is 0. The molecule has 1 N–H and O–H groups in total. The molecule has 0 spiro atoms. The lowest BCUT2D eigenvalue weighted by atomic mass is 9.83. The van der Waals surface area contributed by atoms with Gasteiger partial charge in [0, 0.05) is 13.0 Å². The van der Waals surface area contributed by atoms with Crippen LogP contribution >= 0.6 is 0 Å². The molecule has 1 aliphatic carbocycles. The van der Waals surface area contributed by atoms with E-state index in [0.29, 0.717) is 25.3 Å². The molecule has 0 aromatic heterocycles. The SMILES string of the molecule is O=C(O)[C@@H]1CCC(=O)N(CC2CCCC2)[C@@H]1c1ccccc1. The minimum Gasteiger partial charge on any atom is -0.481 e. The third-order valence-electron chi connectivity index (χ3n) is 5.09. The van der Waals surface area contributed by atoms with E-state index in [0.717, 1.165) is 18.4 Å². The second-order valence-corrected chi connectivity index (χ2v) is 6.54. The van der Waals surface area contributed by atoms with Gasteiger partial charge in [-0.3, -0.25) is 9.59 Å². The van der Waals surface area contributed by atoms with Gasteiger partial charge in [0.1, 0.15) is 0 Å². The number of piperidine rings is 1. The van der Waals surface area contributed by atoms with E-state index >= 15 is 0 Å². The highest BCUT2D eigenvalue weighted by Crippen LogP contribution is 2.39. The second-order valence-electron chi connectivity index (χ2n) is 6.54. The van der Waals surface area contributed by atoms with Crippen LogP contribution in [0, 0.1) is 11.8 Å². The van der Waals surface area contributed by atoms with E-state index in [2.05, 4.69) is 0 Å². The highest BCUT2D eigenvalue weighted by Gasteiger charge is 2.41. The average Bonchev–Trinajstić information content (AvgIpc) is 3.03. The summed E-state index contributed by atoms with van der Waals surface area (Å²) < 4.78 is 0. The lowest BCUT2D eigenvalue weighted by molar-refractivity contribution is -0.152. The quantitative estimate of drug-likeness (QED) is 0.928. The summed E-state index contributed by atoms with van der Waals surface area (Å²) in [6, 6.07) is 9.33. The maximum atomic E-state index is 12.5. The minimum absolute atomic E-state index is 0.109. The fraction of sp³-hybridized carbons (Fsp3) is 0.556. The molecule has 2 fully saturated rings. The van der Waals surface area contributed by atoms with Crippen LogP contribution in [0.1, 0.15) is 50.1 Å². The molecule has 4 nitrogen and oxygen atoms in total. The van der Waals surface area contributed by atoms with Gasteiger partial charge in [-0.1, -0.05) is 43.2 Å². The number of hydrogen-bond donors (Lipinski definition) is 1. The Hall–Kier alpha value is -1.84. The summed E-state index contributed by atoms with van der Waals surface area (Å²) in [4.78, 5) is 26.0. The van der Waals surface area contributed by atoms with Crippen molar-refractivity contribution in [1.29, 1.82) is 0 Å². The monoisotopic (exact) mass is 301 g/mol. The summed E-state index contributed by atoms with van der Waals surface area (Å²) in [6.45, 7) is 0.710. The molecular weight excluding hydrogens is 278 g/mol. The van der Waals surface area contributed by atoms with Gasteiger partial charge in [-0.2, -0.15) is 0 Å². The van der Waals surface area contributed by atoms with Gasteiger partial charge in [-0.05, 0) is 30.7 Å². The first-order valence-electron chi connectivity index (χ1n) is 8.24. The van der Waals surface area contributed by atoms with Gasteiger partial charge in [-0.25, -0.2) is 0 Å². The number of aliphatic carboxylic acids is 1. The highest BCUT2D eigenvalue weighted by atomic mass is 16.4. The van der Waals surface area contributed by atoms with Crippen molar-refractivity contribution in [3.8, 4) is 0 Å². The van der Waals surface area contributed by atoms with Gasteiger partial charge in [0.25, 0.3) is 0 Å². The van der Waals surface area contributed by atoms with Crippen molar-refractivity contribution in [3.05, 3.63) is 35.9 Å². The van der Waals surface area contributed by atoms with Crippen LogP contribution in [0.2, 0.25) is 0 Å². The Kier molecular flexibility index (Phi) is 4.46. The van der Waals surface area contributed by atoms with Crippen LogP contribution in [-0.2, 0) is 9.59 Å². The number of carbonyl (C=O) groups is 2. The maximum Gasteiger partial charge on any atom is 0.308 e. The fourth-order valence-corrected chi connectivity index (χ4v) is 3.96. The molecule has 1 amide bonds. The third-order valence-corrected chi connectivity index (χ3v) is 5.09. The van der Waals surface area contributed by atoms with E-state index < -0.39 is 11.9 Å². The Bertz CT molecular complexity index is 537. The number of likely N-dealkylation sites (tertiary alicyclic amines) is 1.